The van der Waals surface area contributed by atoms with Crippen LogP contribution in [0, 0.1) is 12.7 Å². The lowest BCUT2D eigenvalue weighted by molar-refractivity contribution is 0.275. The number of hydrogen-bond donors (Lipinski definition) is 3. The number of aliphatic hydroxyl groups excluding tert-OH is 1. The number of aryl methyl sites for hydroxylation is 1. The highest BCUT2D eigenvalue weighted by Gasteiger charge is 2.24. The van der Waals surface area contributed by atoms with E-state index in [9.17, 15) is 9.50 Å². The van der Waals surface area contributed by atoms with Crippen LogP contribution in [-0.2, 0) is 6.61 Å². The molecule has 130 valence electrons. The van der Waals surface area contributed by atoms with Gasteiger partial charge < -0.3 is 16.2 Å². The standard InChI is InChI=1S/C18H20FN5O/c1-10-4-12(5-15(19)14(10)8-25)13-6-16(11-2-3-21-7-11)24-17(13)18(20)22-9-23-24/h4-6,9,11,21,25H,2-3,7-8H2,1H3,(H2,20,22,23). The van der Waals surface area contributed by atoms with E-state index in [0.717, 1.165) is 30.8 Å². The van der Waals surface area contributed by atoms with E-state index < -0.39 is 5.82 Å². The summed E-state index contributed by atoms with van der Waals surface area (Å²) in [4.78, 5) is 4.11. The Hall–Kier alpha value is -2.51. The first-order chi connectivity index (χ1) is 12.1. The third kappa shape index (κ3) is 2.56. The van der Waals surface area contributed by atoms with Gasteiger partial charge in [0.25, 0.3) is 0 Å². The fourth-order valence-corrected chi connectivity index (χ4v) is 3.64. The number of hydrogen-bond acceptors (Lipinski definition) is 5. The molecule has 1 aliphatic rings. The van der Waals surface area contributed by atoms with Crippen molar-refractivity contribution in [3.8, 4) is 11.1 Å². The third-order valence-electron chi connectivity index (χ3n) is 4.98. The first kappa shape index (κ1) is 16.0. The highest BCUT2D eigenvalue weighted by molar-refractivity contribution is 5.88. The van der Waals surface area contributed by atoms with Crippen molar-refractivity contribution in [1.82, 2.24) is 19.9 Å². The SMILES string of the molecule is Cc1cc(-c2cc(C3CCNC3)n3ncnc(N)c23)cc(F)c1CO. The highest BCUT2D eigenvalue weighted by atomic mass is 19.1. The minimum atomic E-state index is -0.420. The quantitative estimate of drug-likeness (QED) is 0.678. The number of nitrogens with two attached hydrogens (primary N) is 1. The summed E-state index contributed by atoms with van der Waals surface area (Å²) in [6.45, 7) is 3.32. The Labute approximate surface area is 144 Å². The molecule has 0 saturated carbocycles. The second-order valence-corrected chi connectivity index (χ2v) is 6.49. The molecule has 0 spiro atoms. The topological polar surface area (TPSA) is 88.5 Å². The minimum absolute atomic E-state index is 0.316. The Bertz CT molecular complexity index is 923. The summed E-state index contributed by atoms with van der Waals surface area (Å²) in [6, 6.07) is 5.34. The second kappa shape index (κ2) is 6.09. The number of fused-ring (bicyclic) bond motifs is 1. The van der Waals surface area contributed by atoms with Gasteiger partial charge in [-0.05, 0) is 43.1 Å². The molecule has 0 bridgehead atoms. The Morgan fingerprint density at radius 2 is 2.24 bits per heavy atom. The first-order valence-corrected chi connectivity index (χ1v) is 8.33. The molecule has 7 heteroatoms. The molecule has 0 aliphatic carbocycles. The van der Waals surface area contributed by atoms with Crippen molar-refractivity contribution in [2.75, 3.05) is 18.8 Å². The lowest BCUT2D eigenvalue weighted by Gasteiger charge is -2.08. The summed E-state index contributed by atoms with van der Waals surface area (Å²) in [5.41, 5.74) is 10.4. The smallest absolute Gasteiger partial charge is 0.151 e. The number of aromatic nitrogens is 3. The fourth-order valence-electron chi connectivity index (χ4n) is 3.64. The van der Waals surface area contributed by atoms with Gasteiger partial charge in [-0.2, -0.15) is 5.10 Å². The average molecular weight is 341 g/mol. The first-order valence-electron chi connectivity index (χ1n) is 8.33. The largest absolute Gasteiger partial charge is 0.392 e. The van der Waals surface area contributed by atoms with Crippen molar-refractivity contribution < 1.29 is 9.50 Å². The normalized spacial score (nSPS) is 17.5. The van der Waals surface area contributed by atoms with Gasteiger partial charge in [-0.25, -0.2) is 13.9 Å². The molecule has 1 atom stereocenters. The van der Waals surface area contributed by atoms with E-state index in [2.05, 4.69) is 15.4 Å². The van der Waals surface area contributed by atoms with Crippen LogP contribution in [-0.4, -0.2) is 32.8 Å². The number of nitrogen functional groups attached to an aromatic ring is 1. The Kier molecular flexibility index (Phi) is 3.89. The molecule has 25 heavy (non-hydrogen) atoms. The number of halogens is 1. The maximum Gasteiger partial charge on any atom is 0.151 e. The molecule has 1 fully saturated rings. The van der Waals surface area contributed by atoms with Crippen molar-refractivity contribution in [3.63, 3.8) is 0 Å². The number of aliphatic hydroxyl groups is 1. The maximum absolute atomic E-state index is 14.4. The Morgan fingerprint density at radius 1 is 1.40 bits per heavy atom. The number of nitrogens with zero attached hydrogens (tertiary/aromatic N) is 3. The summed E-state index contributed by atoms with van der Waals surface area (Å²) in [5, 5.41) is 17.1. The van der Waals surface area contributed by atoms with Crippen LogP contribution >= 0.6 is 0 Å². The van der Waals surface area contributed by atoms with Crippen LogP contribution in [0.25, 0.3) is 16.6 Å². The molecule has 1 aromatic carbocycles. The van der Waals surface area contributed by atoms with Gasteiger partial charge in [-0.1, -0.05) is 6.07 Å². The van der Waals surface area contributed by atoms with E-state index in [4.69, 9.17) is 5.73 Å². The van der Waals surface area contributed by atoms with Crippen LogP contribution < -0.4 is 11.1 Å². The van der Waals surface area contributed by atoms with Crippen LogP contribution in [0.2, 0.25) is 0 Å². The predicted molar refractivity (Wildman–Crippen MR) is 93.7 cm³/mol. The number of rotatable bonds is 3. The zero-order valence-corrected chi connectivity index (χ0v) is 14.0. The van der Waals surface area contributed by atoms with E-state index in [-0.39, 0.29) is 6.61 Å². The zero-order chi connectivity index (χ0) is 17.6. The van der Waals surface area contributed by atoms with Gasteiger partial charge in [-0.15, -0.1) is 0 Å². The van der Waals surface area contributed by atoms with Gasteiger partial charge in [0.1, 0.15) is 17.7 Å². The molecule has 3 aromatic rings. The molecule has 1 aliphatic heterocycles. The molecular formula is C18H20FN5O. The molecule has 6 nitrogen and oxygen atoms in total. The predicted octanol–water partition coefficient (Wildman–Crippen LogP) is 2.00. The van der Waals surface area contributed by atoms with E-state index in [1.807, 2.05) is 16.6 Å². The van der Waals surface area contributed by atoms with E-state index in [1.54, 1.807) is 6.92 Å². The molecule has 4 N–H and O–H groups in total. The molecule has 0 radical (unpaired) electrons. The summed E-state index contributed by atoms with van der Waals surface area (Å²) in [5.74, 6) is 0.279. The van der Waals surface area contributed by atoms with Gasteiger partial charge in [-0.3, -0.25) is 0 Å². The van der Waals surface area contributed by atoms with Gasteiger partial charge in [0.05, 0.1) is 6.61 Å². The molecule has 4 rings (SSSR count). The summed E-state index contributed by atoms with van der Waals surface area (Å²) < 4.78 is 16.2. The maximum atomic E-state index is 14.4. The second-order valence-electron chi connectivity index (χ2n) is 6.49. The van der Waals surface area contributed by atoms with Crippen molar-refractivity contribution >= 4 is 11.3 Å². The monoisotopic (exact) mass is 341 g/mol. The summed E-state index contributed by atoms with van der Waals surface area (Å²) >= 11 is 0. The van der Waals surface area contributed by atoms with Crippen molar-refractivity contribution in [2.24, 2.45) is 0 Å². The average Bonchev–Trinajstić information content (AvgIpc) is 3.22. The number of benzene rings is 1. The zero-order valence-electron chi connectivity index (χ0n) is 14.0. The van der Waals surface area contributed by atoms with Gasteiger partial charge in [0.2, 0.25) is 0 Å². The van der Waals surface area contributed by atoms with Gasteiger partial charge in [0.15, 0.2) is 5.82 Å². The molecule has 1 unspecified atom stereocenters. The van der Waals surface area contributed by atoms with E-state index >= 15 is 0 Å². The molecule has 0 amide bonds. The van der Waals surface area contributed by atoms with Crippen LogP contribution in [0.5, 0.6) is 0 Å². The van der Waals surface area contributed by atoms with Crippen molar-refractivity contribution in [3.05, 3.63) is 47.2 Å². The van der Waals surface area contributed by atoms with Gasteiger partial charge >= 0.3 is 0 Å². The van der Waals surface area contributed by atoms with Gasteiger partial charge in [0, 0.05) is 29.3 Å². The lowest BCUT2D eigenvalue weighted by Crippen LogP contribution is -2.10. The minimum Gasteiger partial charge on any atom is -0.392 e. The molecule has 1 saturated heterocycles. The van der Waals surface area contributed by atoms with E-state index in [1.165, 1.54) is 12.4 Å². The molecule has 2 aromatic heterocycles. The van der Waals surface area contributed by atoms with Crippen LogP contribution in [0.1, 0.15) is 29.2 Å². The van der Waals surface area contributed by atoms with Crippen LogP contribution in [0.4, 0.5) is 10.2 Å². The fraction of sp³-hybridized carbons (Fsp3) is 0.333. The van der Waals surface area contributed by atoms with Crippen molar-refractivity contribution in [2.45, 2.75) is 25.9 Å². The van der Waals surface area contributed by atoms with Crippen LogP contribution in [0.3, 0.4) is 0 Å². The van der Waals surface area contributed by atoms with E-state index in [0.29, 0.717) is 33.9 Å². The Morgan fingerprint density at radius 3 is 2.92 bits per heavy atom. The van der Waals surface area contributed by atoms with Crippen LogP contribution in [0.15, 0.2) is 24.5 Å². The number of anilines is 1. The highest BCUT2D eigenvalue weighted by Crippen LogP contribution is 2.36. The molecular weight excluding hydrogens is 321 g/mol. The summed E-state index contributed by atoms with van der Waals surface area (Å²) in [6.07, 6.45) is 2.46. The number of nitrogens with one attached hydrogen (secondary N) is 1. The van der Waals surface area contributed by atoms with Crippen molar-refractivity contribution in [1.29, 1.82) is 0 Å². The Balaban J connectivity index is 1.96. The third-order valence-corrected chi connectivity index (χ3v) is 4.98. The lowest BCUT2D eigenvalue weighted by atomic mass is 9.98. The summed E-state index contributed by atoms with van der Waals surface area (Å²) in [7, 11) is 0. The molecule has 3 heterocycles.